The molecular weight excluding hydrogens is 238 g/mol. The molecule has 92 valence electrons. The fraction of sp³-hybridized carbons (Fsp3) is 0.500. The van der Waals surface area contributed by atoms with E-state index >= 15 is 0 Å². The van der Waals surface area contributed by atoms with Gasteiger partial charge in [0.15, 0.2) is 0 Å². The largest absolute Gasteiger partial charge is 0.324 e. The van der Waals surface area contributed by atoms with Gasteiger partial charge in [-0.15, -0.1) is 0 Å². The van der Waals surface area contributed by atoms with Crippen molar-refractivity contribution in [2.75, 3.05) is 11.9 Å². The molecule has 5 heteroatoms. The molecular formula is C12H16ClN3O. The Morgan fingerprint density at radius 3 is 3.00 bits per heavy atom. The van der Waals surface area contributed by atoms with Crippen molar-refractivity contribution in [3.8, 4) is 0 Å². The predicted octanol–water partition coefficient (Wildman–Crippen LogP) is 1.98. The minimum atomic E-state index is 0.0325. The second-order valence-corrected chi connectivity index (χ2v) is 4.84. The first kappa shape index (κ1) is 12.3. The molecule has 0 radical (unpaired) electrons. The number of carbonyl (C=O) groups excluding carboxylic acids is 1. The van der Waals surface area contributed by atoms with Crippen LogP contribution in [0.15, 0.2) is 12.3 Å². The normalized spacial score (nSPS) is 23.7. The molecule has 1 aromatic heterocycles. The Balaban J connectivity index is 2.07. The van der Waals surface area contributed by atoms with Gasteiger partial charge in [0.05, 0.1) is 17.8 Å². The monoisotopic (exact) mass is 253 g/mol. The maximum atomic E-state index is 12.1. The van der Waals surface area contributed by atoms with Gasteiger partial charge in [-0.25, -0.2) is 4.98 Å². The molecule has 1 amide bonds. The molecule has 0 spiro atoms. The lowest BCUT2D eigenvalue weighted by Crippen LogP contribution is -2.32. The van der Waals surface area contributed by atoms with Gasteiger partial charge >= 0.3 is 0 Å². The number of amides is 1. The minimum Gasteiger partial charge on any atom is -0.324 e. The highest BCUT2D eigenvalue weighted by Crippen LogP contribution is 2.21. The van der Waals surface area contributed by atoms with Gasteiger partial charge in [-0.2, -0.15) is 0 Å². The van der Waals surface area contributed by atoms with E-state index in [4.69, 9.17) is 11.6 Å². The Kier molecular flexibility index (Phi) is 3.64. The Bertz CT molecular complexity index is 436. The van der Waals surface area contributed by atoms with E-state index in [-0.39, 0.29) is 17.9 Å². The SMILES string of the molecule is Cc1cc(Cl)ncc1NC(=O)C1CCNC1C. The summed E-state index contributed by atoms with van der Waals surface area (Å²) in [6.07, 6.45) is 2.48. The molecule has 2 unspecified atom stereocenters. The molecule has 2 rings (SSSR count). The quantitative estimate of drug-likeness (QED) is 0.793. The summed E-state index contributed by atoms with van der Waals surface area (Å²) in [4.78, 5) is 16.0. The fourth-order valence-corrected chi connectivity index (χ4v) is 2.31. The molecule has 2 atom stereocenters. The summed E-state index contributed by atoms with van der Waals surface area (Å²) in [5, 5.41) is 6.61. The Morgan fingerprint density at radius 2 is 2.41 bits per heavy atom. The van der Waals surface area contributed by atoms with Crippen LogP contribution in [0.5, 0.6) is 0 Å². The van der Waals surface area contributed by atoms with E-state index in [9.17, 15) is 4.79 Å². The maximum absolute atomic E-state index is 12.1. The maximum Gasteiger partial charge on any atom is 0.229 e. The summed E-state index contributed by atoms with van der Waals surface area (Å²) < 4.78 is 0. The van der Waals surface area contributed by atoms with E-state index in [0.29, 0.717) is 5.15 Å². The van der Waals surface area contributed by atoms with Crippen molar-refractivity contribution in [3.05, 3.63) is 23.0 Å². The third-order valence-electron chi connectivity index (χ3n) is 3.20. The Hall–Kier alpha value is -1.13. The van der Waals surface area contributed by atoms with Crippen molar-refractivity contribution in [2.45, 2.75) is 26.3 Å². The standard InChI is InChI=1S/C12H16ClN3O/c1-7-5-11(13)15-6-10(7)16-12(17)9-3-4-14-8(9)2/h5-6,8-9,14H,3-4H2,1-2H3,(H,16,17). The van der Waals surface area contributed by atoms with Gasteiger partial charge in [-0.05, 0) is 38.4 Å². The number of halogens is 1. The van der Waals surface area contributed by atoms with E-state index in [2.05, 4.69) is 15.6 Å². The lowest BCUT2D eigenvalue weighted by atomic mass is 10.0. The third kappa shape index (κ3) is 2.76. The van der Waals surface area contributed by atoms with Crippen LogP contribution in [0.1, 0.15) is 18.9 Å². The number of carbonyl (C=O) groups is 1. The second kappa shape index (κ2) is 5.02. The Morgan fingerprint density at radius 1 is 1.65 bits per heavy atom. The molecule has 2 heterocycles. The summed E-state index contributed by atoms with van der Waals surface area (Å²) in [7, 11) is 0. The first-order chi connectivity index (χ1) is 8.08. The van der Waals surface area contributed by atoms with Crippen LogP contribution < -0.4 is 10.6 Å². The molecule has 1 aromatic rings. The number of nitrogens with one attached hydrogen (secondary N) is 2. The number of aromatic nitrogens is 1. The fourth-order valence-electron chi connectivity index (χ4n) is 2.09. The van der Waals surface area contributed by atoms with Crippen LogP contribution in [-0.2, 0) is 4.79 Å². The summed E-state index contributed by atoms with van der Waals surface area (Å²) in [5.41, 5.74) is 1.66. The summed E-state index contributed by atoms with van der Waals surface area (Å²) in [5.74, 6) is 0.0831. The van der Waals surface area contributed by atoms with Gasteiger partial charge in [-0.1, -0.05) is 11.6 Å². The van der Waals surface area contributed by atoms with Crippen molar-refractivity contribution in [2.24, 2.45) is 5.92 Å². The van der Waals surface area contributed by atoms with Crippen molar-refractivity contribution in [3.63, 3.8) is 0 Å². The third-order valence-corrected chi connectivity index (χ3v) is 3.40. The van der Waals surface area contributed by atoms with Gasteiger partial charge in [-0.3, -0.25) is 4.79 Å². The first-order valence-electron chi connectivity index (χ1n) is 5.74. The van der Waals surface area contributed by atoms with Crippen LogP contribution in [0.25, 0.3) is 0 Å². The second-order valence-electron chi connectivity index (χ2n) is 4.45. The number of aryl methyl sites for hydroxylation is 1. The van der Waals surface area contributed by atoms with Crippen LogP contribution in [0.4, 0.5) is 5.69 Å². The smallest absolute Gasteiger partial charge is 0.229 e. The number of rotatable bonds is 2. The molecule has 1 fully saturated rings. The molecule has 0 saturated carbocycles. The molecule has 2 N–H and O–H groups in total. The summed E-state index contributed by atoms with van der Waals surface area (Å²) >= 11 is 5.77. The van der Waals surface area contributed by atoms with E-state index in [1.807, 2.05) is 13.8 Å². The van der Waals surface area contributed by atoms with E-state index in [1.165, 1.54) is 0 Å². The number of hydrogen-bond donors (Lipinski definition) is 2. The molecule has 4 nitrogen and oxygen atoms in total. The lowest BCUT2D eigenvalue weighted by Gasteiger charge is -2.15. The molecule has 0 aromatic carbocycles. The number of anilines is 1. The average molecular weight is 254 g/mol. The predicted molar refractivity (Wildman–Crippen MR) is 68.2 cm³/mol. The number of hydrogen-bond acceptors (Lipinski definition) is 3. The van der Waals surface area contributed by atoms with Crippen LogP contribution >= 0.6 is 11.6 Å². The highest BCUT2D eigenvalue weighted by Gasteiger charge is 2.29. The molecule has 1 saturated heterocycles. The lowest BCUT2D eigenvalue weighted by molar-refractivity contribution is -0.120. The van der Waals surface area contributed by atoms with Gasteiger partial charge < -0.3 is 10.6 Å². The first-order valence-corrected chi connectivity index (χ1v) is 6.12. The van der Waals surface area contributed by atoms with Crippen molar-refractivity contribution < 1.29 is 4.79 Å². The number of nitrogens with zero attached hydrogens (tertiary/aromatic N) is 1. The highest BCUT2D eigenvalue weighted by molar-refractivity contribution is 6.29. The molecule has 0 bridgehead atoms. The van der Waals surface area contributed by atoms with E-state index < -0.39 is 0 Å². The van der Waals surface area contributed by atoms with Crippen LogP contribution in [0, 0.1) is 12.8 Å². The van der Waals surface area contributed by atoms with Crippen molar-refractivity contribution in [1.82, 2.24) is 10.3 Å². The van der Waals surface area contributed by atoms with Crippen LogP contribution in [0.2, 0.25) is 5.15 Å². The van der Waals surface area contributed by atoms with Crippen molar-refractivity contribution in [1.29, 1.82) is 0 Å². The van der Waals surface area contributed by atoms with Crippen LogP contribution in [-0.4, -0.2) is 23.5 Å². The van der Waals surface area contributed by atoms with Gasteiger partial charge in [0, 0.05) is 6.04 Å². The topological polar surface area (TPSA) is 54.0 Å². The summed E-state index contributed by atoms with van der Waals surface area (Å²) in [6.45, 7) is 4.83. The summed E-state index contributed by atoms with van der Waals surface area (Å²) in [6, 6.07) is 1.98. The zero-order chi connectivity index (χ0) is 12.4. The van der Waals surface area contributed by atoms with Gasteiger partial charge in [0.2, 0.25) is 5.91 Å². The Labute approximate surface area is 106 Å². The zero-order valence-corrected chi connectivity index (χ0v) is 10.7. The minimum absolute atomic E-state index is 0.0325. The van der Waals surface area contributed by atoms with Gasteiger partial charge in [0.25, 0.3) is 0 Å². The number of pyridine rings is 1. The molecule has 17 heavy (non-hydrogen) atoms. The van der Waals surface area contributed by atoms with Gasteiger partial charge in [0.1, 0.15) is 5.15 Å². The molecule has 0 aliphatic carbocycles. The molecule has 1 aliphatic heterocycles. The van der Waals surface area contributed by atoms with Crippen LogP contribution in [0.3, 0.4) is 0 Å². The van der Waals surface area contributed by atoms with E-state index in [0.717, 1.165) is 24.2 Å². The van der Waals surface area contributed by atoms with E-state index in [1.54, 1.807) is 12.3 Å². The zero-order valence-electron chi connectivity index (χ0n) is 9.96. The highest BCUT2D eigenvalue weighted by atomic mass is 35.5. The average Bonchev–Trinajstić information content (AvgIpc) is 2.68. The molecule has 1 aliphatic rings. The van der Waals surface area contributed by atoms with Crippen molar-refractivity contribution >= 4 is 23.2 Å².